The maximum atomic E-state index is 12.6. The van der Waals surface area contributed by atoms with Crippen molar-refractivity contribution in [2.45, 2.75) is 64.5 Å². The summed E-state index contributed by atoms with van der Waals surface area (Å²) >= 11 is 0. The quantitative estimate of drug-likeness (QED) is 0.264. The van der Waals surface area contributed by atoms with Crippen LogP contribution in [0.2, 0.25) is 0 Å². The minimum absolute atomic E-state index is 0.184. The fraction of sp³-hybridized carbons (Fsp3) is 0.448. The van der Waals surface area contributed by atoms with Crippen LogP contribution in [0, 0.1) is 0 Å². The first-order valence-electron chi connectivity index (χ1n) is 13.6. The number of aromatic nitrogens is 2. The van der Waals surface area contributed by atoms with E-state index in [1.165, 1.54) is 0 Å². The molecule has 234 valence electrons. The van der Waals surface area contributed by atoms with E-state index in [1.54, 1.807) is 48.7 Å². The molecule has 3 amide bonds. The minimum atomic E-state index is -3.67. The van der Waals surface area contributed by atoms with Crippen LogP contribution in [0.1, 0.15) is 63.7 Å². The average Bonchev–Trinajstić information content (AvgIpc) is 3.47. The molecule has 1 aromatic carbocycles. The van der Waals surface area contributed by atoms with Gasteiger partial charge in [0.15, 0.2) is 5.82 Å². The van der Waals surface area contributed by atoms with Gasteiger partial charge >= 0.3 is 6.03 Å². The first-order valence-corrected chi connectivity index (χ1v) is 15.5. The third-order valence-electron chi connectivity index (χ3n) is 6.89. The summed E-state index contributed by atoms with van der Waals surface area (Å²) in [7, 11) is -1.54. The standard InChI is InChI=1S/C28H36N6O4.CH4O3S/c1-27(2,3)23-15-24(33-38-23)32-26(36)31-19-9-7-18(8-10-19)30-25(35)22-12-11-21(16-29-22)37-17-20-13-14-28(4,5)34(20)6;1-5(2,3)4/h7-12,15-16,20H,13-14,17H2,1-6H3,(H,30,35)(H2,31,32,33,36);1H3,(H,2,3,4). The van der Waals surface area contributed by atoms with E-state index in [2.05, 4.69) is 51.9 Å². The van der Waals surface area contributed by atoms with Crippen LogP contribution in [0.5, 0.6) is 5.75 Å². The molecule has 1 aliphatic heterocycles. The van der Waals surface area contributed by atoms with E-state index in [4.69, 9.17) is 13.8 Å². The largest absolute Gasteiger partial charge is 0.490 e. The van der Waals surface area contributed by atoms with Crippen molar-refractivity contribution in [1.82, 2.24) is 15.0 Å². The number of likely N-dealkylation sites (tertiary alicyclic amines) is 1. The second kappa shape index (κ2) is 13.5. The first kappa shape index (κ1) is 33.5. The van der Waals surface area contributed by atoms with Crippen molar-refractivity contribution in [3.05, 3.63) is 60.1 Å². The summed E-state index contributed by atoms with van der Waals surface area (Å²) in [5.74, 6) is 1.29. The Bertz CT molecular complexity index is 1490. The van der Waals surface area contributed by atoms with Crippen molar-refractivity contribution in [2.75, 3.05) is 35.9 Å². The van der Waals surface area contributed by atoms with Gasteiger partial charge in [-0.3, -0.25) is 19.6 Å². The highest BCUT2D eigenvalue weighted by Crippen LogP contribution is 2.32. The predicted octanol–water partition coefficient (Wildman–Crippen LogP) is 5.02. The summed E-state index contributed by atoms with van der Waals surface area (Å²) in [6, 6.07) is 11.8. The lowest BCUT2D eigenvalue weighted by Crippen LogP contribution is -2.41. The molecule has 43 heavy (non-hydrogen) atoms. The van der Waals surface area contributed by atoms with Crippen molar-refractivity contribution >= 4 is 39.2 Å². The van der Waals surface area contributed by atoms with Gasteiger partial charge in [-0.2, -0.15) is 8.42 Å². The molecule has 3 heterocycles. The molecule has 1 saturated heterocycles. The molecule has 4 N–H and O–H groups in total. The Kier molecular flexibility index (Phi) is 10.5. The van der Waals surface area contributed by atoms with Crippen molar-refractivity contribution in [3.63, 3.8) is 0 Å². The number of hydrogen-bond donors (Lipinski definition) is 4. The van der Waals surface area contributed by atoms with Gasteiger partial charge in [0.25, 0.3) is 16.0 Å². The summed E-state index contributed by atoms with van der Waals surface area (Å²) < 4.78 is 37.1. The number of nitrogens with one attached hydrogen (secondary N) is 3. The molecule has 1 aliphatic rings. The number of hydrogen-bond acceptors (Lipinski definition) is 9. The van der Waals surface area contributed by atoms with Crippen LogP contribution >= 0.6 is 0 Å². The maximum Gasteiger partial charge on any atom is 0.324 e. The number of urea groups is 1. The van der Waals surface area contributed by atoms with E-state index >= 15 is 0 Å². The van der Waals surface area contributed by atoms with Crippen LogP contribution in [0.15, 0.2) is 53.2 Å². The lowest BCUT2D eigenvalue weighted by Gasteiger charge is -2.31. The summed E-state index contributed by atoms with van der Waals surface area (Å²) in [5.41, 5.74) is 1.37. The van der Waals surface area contributed by atoms with Gasteiger partial charge in [-0.25, -0.2) is 9.78 Å². The Morgan fingerprint density at radius 3 is 2.19 bits per heavy atom. The highest BCUT2D eigenvalue weighted by Gasteiger charge is 2.36. The molecule has 0 spiro atoms. The molecule has 3 aromatic rings. The Hall–Kier alpha value is -4.01. The highest BCUT2D eigenvalue weighted by atomic mass is 32.2. The smallest absolute Gasteiger partial charge is 0.324 e. The number of amides is 3. The van der Waals surface area contributed by atoms with Gasteiger partial charge in [0.2, 0.25) is 0 Å². The average molecular weight is 617 g/mol. The molecule has 0 radical (unpaired) electrons. The van der Waals surface area contributed by atoms with Crippen LogP contribution in [-0.4, -0.2) is 71.4 Å². The number of carbonyl (C=O) groups is 2. The monoisotopic (exact) mass is 616 g/mol. The van der Waals surface area contributed by atoms with Crippen molar-refractivity contribution in [2.24, 2.45) is 0 Å². The normalized spacial score (nSPS) is 16.5. The lowest BCUT2D eigenvalue weighted by molar-refractivity contribution is 0.102. The number of nitrogens with zero attached hydrogens (tertiary/aromatic N) is 3. The van der Waals surface area contributed by atoms with Crippen LogP contribution in [0.3, 0.4) is 0 Å². The zero-order chi connectivity index (χ0) is 32.0. The molecule has 1 atom stereocenters. The molecule has 4 rings (SSSR count). The number of ether oxygens (including phenoxy) is 1. The second-order valence-corrected chi connectivity index (χ2v) is 13.4. The SMILES string of the molecule is CN1C(COc2ccc(C(=O)Nc3ccc(NC(=O)Nc4cc(C(C)(C)C)on4)cc3)nc2)CCC1(C)C.CS(=O)(=O)O. The van der Waals surface area contributed by atoms with Gasteiger partial charge in [0.1, 0.15) is 23.8 Å². The predicted molar refractivity (Wildman–Crippen MR) is 164 cm³/mol. The highest BCUT2D eigenvalue weighted by molar-refractivity contribution is 7.85. The van der Waals surface area contributed by atoms with Crippen LogP contribution in [-0.2, 0) is 15.5 Å². The Morgan fingerprint density at radius 1 is 1.09 bits per heavy atom. The zero-order valence-corrected chi connectivity index (χ0v) is 26.3. The zero-order valence-electron chi connectivity index (χ0n) is 25.5. The molecule has 1 unspecified atom stereocenters. The van der Waals surface area contributed by atoms with Gasteiger partial charge in [-0.15, -0.1) is 0 Å². The molecular formula is C29H40N6O7S. The minimum Gasteiger partial charge on any atom is -0.490 e. The maximum absolute atomic E-state index is 12.6. The lowest BCUT2D eigenvalue weighted by atomic mass is 9.93. The van der Waals surface area contributed by atoms with Crippen LogP contribution in [0.4, 0.5) is 22.0 Å². The first-order chi connectivity index (χ1) is 19.9. The van der Waals surface area contributed by atoms with Crippen molar-refractivity contribution < 1.29 is 31.8 Å². The summed E-state index contributed by atoms with van der Waals surface area (Å²) in [6.45, 7) is 11.1. The molecule has 1 fully saturated rings. The Labute approximate surface area is 252 Å². The third kappa shape index (κ3) is 10.6. The van der Waals surface area contributed by atoms with Gasteiger partial charge in [-0.05, 0) is 70.1 Å². The van der Waals surface area contributed by atoms with E-state index in [0.29, 0.717) is 47.6 Å². The fourth-order valence-electron chi connectivity index (χ4n) is 4.17. The number of carbonyl (C=O) groups excluding carboxylic acids is 2. The molecule has 2 aromatic heterocycles. The number of anilines is 3. The topological polar surface area (TPSA) is 176 Å². The van der Waals surface area contributed by atoms with E-state index in [9.17, 15) is 18.0 Å². The van der Waals surface area contributed by atoms with E-state index in [1.807, 2.05) is 20.8 Å². The number of rotatable bonds is 7. The molecular weight excluding hydrogens is 576 g/mol. The van der Waals surface area contributed by atoms with E-state index < -0.39 is 16.1 Å². The second-order valence-electron chi connectivity index (χ2n) is 12.0. The van der Waals surface area contributed by atoms with Gasteiger partial charge in [0, 0.05) is 34.4 Å². The molecule has 0 saturated carbocycles. The summed E-state index contributed by atoms with van der Waals surface area (Å²) in [5, 5.41) is 12.0. The molecule has 14 heteroatoms. The third-order valence-corrected chi connectivity index (χ3v) is 6.89. The van der Waals surface area contributed by atoms with Crippen LogP contribution in [0.25, 0.3) is 0 Å². The van der Waals surface area contributed by atoms with Gasteiger partial charge in [-0.1, -0.05) is 25.9 Å². The summed E-state index contributed by atoms with van der Waals surface area (Å²) in [6.07, 6.45) is 4.52. The number of likely N-dealkylation sites (N-methyl/N-ethyl adjacent to an activating group) is 1. The number of benzene rings is 1. The Balaban J connectivity index is 0.000000934. The van der Waals surface area contributed by atoms with E-state index in [0.717, 1.165) is 12.8 Å². The summed E-state index contributed by atoms with van der Waals surface area (Å²) in [4.78, 5) is 31.5. The fourth-order valence-corrected chi connectivity index (χ4v) is 4.17. The molecule has 0 aliphatic carbocycles. The van der Waals surface area contributed by atoms with E-state index in [-0.39, 0.29) is 22.6 Å². The molecule has 13 nitrogen and oxygen atoms in total. The van der Waals surface area contributed by atoms with Crippen LogP contribution < -0.4 is 20.7 Å². The Morgan fingerprint density at radius 2 is 1.70 bits per heavy atom. The van der Waals surface area contributed by atoms with Crippen molar-refractivity contribution in [3.8, 4) is 5.75 Å². The van der Waals surface area contributed by atoms with Gasteiger partial charge in [0.05, 0.1) is 12.5 Å². The van der Waals surface area contributed by atoms with Crippen molar-refractivity contribution in [1.29, 1.82) is 0 Å². The van der Waals surface area contributed by atoms with Gasteiger partial charge < -0.3 is 19.9 Å². The number of pyridine rings is 1. The molecule has 0 bridgehead atoms.